The Morgan fingerprint density at radius 1 is 1.62 bits per heavy atom. The van der Waals surface area contributed by atoms with Crippen LogP contribution in [0.25, 0.3) is 0 Å². The lowest BCUT2D eigenvalue weighted by atomic mass is 9.92. The highest BCUT2D eigenvalue weighted by molar-refractivity contribution is 5.95. The fraction of sp³-hybridized carbons (Fsp3) is 0.455. The van der Waals surface area contributed by atoms with E-state index in [0.29, 0.717) is 11.6 Å². The van der Waals surface area contributed by atoms with Gasteiger partial charge in [-0.15, -0.1) is 0 Å². The number of nitrogens with one attached hydrogen (secondary N) is 1. The van der Waals surface area contributed by atoms with E-state index in [9.17, 15) is 4.79 Å². The molecule has 0 saturated heterocycles. The number of ether oxygens (including phenoxy) is 1. The largest absolute Gasteiger partial charge is 0.480 e. The van der Waals surface area contributed by atoms with E-state index < -0.39 is 5.41 Å². The number of aromatic nitrogens is 1. The highest BCUT2D eigenvalue weighted by atomic mass is 16.5. The molecule has 1 rings (SSSR count). The van der Waals surface area contributed by atoms with E-state index in [0.717, 1.165) is 0 Å². The number of anilines is 1. The van der Waals surface area contributed by atoms with Crippen LogP contribution in [-0.2, 0) is 4.79 Å². The summed E-state index contributed by atoms with van der Waals surface area (Å²) in [5.74, 6) is 0.241. The zero-order valence-corrected chi connectivity index (χ0v) is 9.78. The number of rotatable bonds is 4. The maximum absolute atomic E-state index is 11.9. The number of carbonyl (C=O) groups excluding carboxylic acids is 1. The predicted octanol–water partition coefficient (Wildman–Crippen LogP) is 1.01. The Balaban J connectivity index is 2.85. The SMILES string of the molecule is COc1ncccc1NC(=O)C(C)(C)CN. The van der Waals surface area contributed by atoms with Crippen molar-refractivity contribution in [3.63, 3.8) is 0 Å². The molecule has 1 heterocycles. The van der Waals surface area contributed by atoms with Crippen LogP contribution < -0.4 is 15.8 Å². The van der Waals surface area contributed by atoms with Crippen LogP contribution in [0.3, 0.4) is 0 Å². The Morgan fingerprint density at radius 2 is 2.31 bits per heavy atom. The quantitative estimate of drug-likeness (QED) is 0.798. The predicted molar refractivity (Wildman–Crippen MR) is 62.3 cm³/mol. The van der Waals surface area contributed by atoms with Gasteiger partial charge in [0, 0.05) is 12.7 Å². The Labute approximate surface area is 95.0 Å². The van der Waals surface area contributed by atoms with Gasteiger partial charge in [0.15, 0.2) is 0 Å². The maximum Gasteiger partial charge on any atom is 0.237 e. The van der Waals surface area contributed by atoms with Gasteiger partial charge in [-0.3, -0.25) is 4.79 Å². The summed E-state index contributed by atoms with van der Waals surface area (Å²) in [4.78, 5) is 15.8. The van der Waals surface area contributed by atoms with Gasteiger partial charge >= 0.3 is 0 Å². The monoisotopic (exact) mass is 223 g/mol. The van der Waals surface area contributed by atoms with Crippen LogP contribution in [0.4, 0.5) is 5.69 Å². The fourth-order valence-corrected chi connectivity index (χ4v) is 1.03. The summed E-state index contributed by atoms with van der Waals surface area (Å²) < 4.78 is 5.04. The lowest BCUT2D eigenvalue weighted by molar-refractivity contribution is -0.123. The van der Waals surface area contributed by atoms with Gasteiger partial charge in [0.25, 0.3) is 0 Å². The van der Waals surface area contributed by atoms with E-state index in [2.05, 4.69) is 10.3 Å². The first kappa shape index (κ1) is 12.4. The number of amides is 1. The highest BCUT2D eigenvalue weighted by Crippen LogP contribution is 2.23. The second-order valence-corrected chi connectivity index (χ2v) is 4.10. The molecule has 0 saturated carbocycles. The average molecular weight is 223 g/mol. The number of carbonyl (C=O) groups is 1. The van der Waals surface area contributed by atoms with Crippen LogP contribution in [0.2, 0.25) is 0 Å². The molecule has 5 nitrogen and oxygen atoms in total. The minimum Gasteiger partial charge on any atom is -0.480 e. The van der Waals surface area contributed by atoms with Gasteiger partial charge in [0.1, 0.15) is 5.69 Å². The smallest absolute Gasteiger partial charge is 0.237 e. The number of nitrogens with zero attached hydrogens (tertiary/aromatic N) is 1. The molecule has 1 aromatic heterocycles. The van der Waals surface area contributed by atoms with Crippen LogP contribution in [0, 0.1) is 5.41 Å². The van der Waals surface area contributed by atoms with Crippen LogP contribution in [0.5, 0.6) is 5.88 Å². The van der Waals surface area contributed by atoms with E-state index >= 15 is 0 Å². The minimum absolute atomic E-state index is 0.152. The number of nitrogens with two attached hydrogens (primary N) is 1. The molecule has 0 spiro atoms. The third kappa shape index (κ3) is 2.70. The zero-order valence-electron chi connectivity index (χ0n) is 9.78. The number of methoxy groups -OCH3 is 1. The zero-order chi connectivity index (χ0) is 12.2. The average Bonchev–Trinajstić information content (AvgIpc) is 2.29. The number of pyridine rings is 1. The number of hydrogen-bond acceptors (Lipinski definition) is 4. The Morgan fingerprint density at radius 3 is 2.88 bits per heavy atom. The molecule has 0 aliphatic carbocycles. The van der Waals surface area contributed by atoms with Crippen molar-refractivity contribution >= 4 is 11.6 Å². The molecule has 16 heavy (non-hydrogen) atoms. The van der Waals surface area contributed by atoms with Gasteiger partial charge in [0.2, 0.25) is 11.8 Å². The number of hydrogen-bond donors (Lipinski definition) is 2. The second kappa shape index (κ2) is 4.94. The van der Waals surface area contributed by atoms with Crippen molar-refractivity contribution in [1.29, 1.82) is 0 Å². The van der Waals surface area contributed by atoms with Crippen molar-refractivity contribution in [3.05, 3.63) is 18.3 Å². The summed E-state index contributed by atoms with van der Waals surface area (Å²) in [6.07, 6.45) is 1.60. The Bertz CT molecular complexity index is 377. The van der Waals surface area contributed by atoms with E-state index in [-0.39, 0.29) is 12.5 Å². The van der Waals surface area contributed by atoms with Crippen LogP contribution in [0.15, 0.2) is 18.3 Å². The summed E-state index contributed by atoms with van der Waals surface area (Å²) in [5.41, 5.74) is 5.47. The third-order valence-electron chi connectivity index (χ3n) is 2.34. The molecule has 0 unspecified atom stereocenters. The molecule has 0 aromatic carbocycles. The molecule has 0 aliphatic heterocycles. The van der Waals surface area contributed by atoms with Crippen molar-refractivity contribution in [2.24, 2.45) is 11.1 Å². The minimum atomic E-state index is -0.610. The first-order valence-electron chi connectivity index (χ1n) is 5.02. The maximum atomic E-state index is 11.9. The molecule has 5 heteroatoms. The van der Waals surface area contributed by atoms with E-state index in [1.54, 1.807) is 32.2 Å². The molecule has 1 amide bonds. The van der Waals surface area contributed by atoms with Crippen LogP contribution in [0.1, 0.15) is 13.8 Å². The molecular formula is C11H17N3O2. The molecule has 0 bridgehead atoms. The van der Waals surface area contributed by atoms with Crippen molar-refractivity contribution in [2.45, 2.75) is 13.8 Å². The molecule has 0 atom stereocenters. The Hall–Kier alpha value is -1.62. The third-order valence-corrected chi connectivity index (χ3v) is 2.34. The van der Waals surface area contributed by atoms with Crippen molar-refractivity contribution in [3.8, 4) is 5.88 Å². The first-order valence-corrected chi connectivity index (χ1v) is 5.02. The molecule has 1 aromatic rings. The standard InChI is InChI=1S/C11H17N3O2/c1-11(2,7-12)10(15)14-8-5-4-6-13-9(8)16-3/h4-6H,7,12H2,1-3H3,(H,14,15). The molecule has 0 radical (unpaired) electrons. The molecule has 0 aliphatic rings. The van der Waals surface area contributed by atoms with Gasteiger partial charge in [-0.25, -0.2) is 4.98 Å². The topological polar surface area (TPSA) is 77.2 Å². The molecular weight excluding hydrogens is 206 g/mol. The summed E-state index contributed by atoms with van der Waals surface area (Å²) in [6, 6.07) is 3.46. The Kier molecular flexibility index (Phi) is 3.84. The summed E-state index contributed by atoms with van der Waals surface area (Å²) in [5, 5.41) is 2.75. The van der Waals surface area contributed by atoms with Crippen LogP contribution >= 0.6 is 0 Å². The molecule has 3 N–H and O–H groups in total. The lowest BCUT2D eigenvalue weighted by Gasteiger charge is -2.21. The van der Waals surface area contributed by atoms with E-state index in [1.807, 2.05) is 0 Å². The van der Waals surface area contributed by atoms with E-state index in [1.165, 1.54) is 7.11 Å². The second-order valence-electron chi connectivity index (χ2n) is 4.10. The highest BCUT2D eigenvalue weighted by Gasteiger charge is 2.26. The van der Waals surface area contributed by atoms with Crippen molar-refractivity contribution in [2.75, 3.05) is 19.0 Å². The summed E-state index contributed by atoms with van der Waals surface area (Å²) in [6.45, 7) is 3.85. The molecule has 0 fully saturated rings. The van der Waals surface area contributed by atoms with Gasteiger partial charge < -0.3 is 15.8 Å². The van der Waals surface area contributed by atoms with Gasteiger partial charge in [0.05, 0.1) is 12.5 Å². The lowest BCUT2D eigenvalue weighted by Crippen LogP contribution is -2.37. The summed E-state index contributed by atoms with van der Waals surface area (Å²) in [7, 11) is 1.51. The van der Waals surface area contributed by atoms with E-state index in [4.69, 9.17) is 10.5 Å². The van der Waals surface area contributed by atoms with Crippen molar-refractivity contribution < 1.29 is 9.53 Å². The van der Waals surface area contributed by atoms with Gasteiger partial charge in [-0.05, 0) is 26.0 Å². The van der Waals surface area contributed by atoms with Gasteiger partial charge in [-0.1, -0.05) is 0 Å². The summed E-state index contributed by atoms with van der Waals surface area (Å²) >= 11 is 0. The van der Waals surface area contributed by atoms with Gasteiger partial charge in [-0.2, -0.15) is 0 Å². The molecule has 88 valence electrons. The van der Waals surface area contributed by atoms with Crippen molar-refractivity contribution in [1.82, 2.24) is 4.98 Å². The van der Waals surface area contributed by atoms with Crippen LogP contribution in [-0.4, -0.2) is 24.5 Å². The normalized spacial score (nSPS) is 11.0. The fourth-order valence-electron chi connectivity index (χ4n) is 1.03. The first-order chi connectivity index (χ1) is 7.51.